The first kappa shape index (κ1) is 16.6. The molecule has 0 heterocycles. The van der Waals surface area contributed by atoms with Crippen LogP contribution in [0.2, 0.25) is 0 Å². The Balaban J connectivity index is 4.16. The fraction of sp³-hybridized carbons (Fsp3) is 0.857. The van der Waals surface area contributed by atoms with Crippen molar-refractivity contribution in [2.45, 2.75) is 51.4 Å². The molecule has 102 valence electrons. The van der Waals surface area contributed by atoms with E-state index in [0.717, 1.165) is 12.8 Å². The molecule has 0 aromatic rings. The van der Waals surface area contributed by atoms with Crippen LogP contribution in [-0.2, 0) is 14.2 Å². The van der Waals surface area contributed by atoms with Crippen molar-refractivity contribution in [3.05, 3.63) is 12.7 Å². The van der Waals surface area contributed by atoms with Gasteiger partial charge in [-0.05, 0) is 6.42 Å². The van der Waals surface area contributed by atoms with Crippen molar-refractivity contribution >= 4 is 0 Å². The van der Waals surface area contributed by atoms with Gasteiger partial charge in [0.25, 0.3) is 5.97 Å². The maximum absolute atomic E-state index is 5.35. The first-order valence-corrected chi connectivity index (χ1v) is 6.48. The normalized spacial score (nSPS) is 13.6. The third-order valence-corrected chi connectivity index (χ3v) is 3.21. The maximum atomic E-state index is 5.35. The van der Waals surface area contributed by atoms with Crippen LogP contribution in [0, 0.1) is 5.92 Å². The van der Waals surface area contributed by atoms with Crippen molar-refractivity contribution in [3.63, 3.8) is 0 Å². The SMILES string of the molecule is C=CC(CCCCCCC)C(OC)(OC)OC. The molecule has 17 heavy (non-hydrogen) atoms. The topological polar surface area (TPSA) is 27.7 Å². The van der Waals surface area contributed by atoms with E-state index in [-0.39, 0.29) is 5.92 Å². The second kappa shape index (κ2) is 9.63. The lowest BCUT2D eigenvalue weighted by atomic mass is 9.98. The molecule has 0 N–H and O–H groups in total. The quantitative estimate of drug-likeness (QED) is 0.315. The lowest BCUT2D eigenvalue weighted by molar-refractivity contribution is -0.372. The molecule has 0 aliphatic rings. The van der Waals surface area contributed by atoms with Gasteiger partial charge in [-0.25, -0.2) is 0 Å². The molecular formula is C14H28O3. The third kappa shape index (κ3) is 5.19. The number of ether oxygens (including phenoxy) is 3. The highest BCUT2D eigenvalue weighted by Crippen LogP contribution is 2.29. The second-order valence-corrected chi connectivity index (χ2v) is 4.26. The van der Waals surface area contributed by atoms with E-state index in [1.54, 1.807) is 21.3 Å². The fourth-order valence-electron chi connectivity index (χ4n) is 2.11. The van der Waals surface area contributed by atoms with Gasteiger partial charge in [-0.1, -0.05) is 45.1 Å². The highest BCUT2D eigenvalue weighted by Gasteiger charge is 2.37. The van der Waals surface area contributed by atoms with Crippen LogP contribution in [0.4, 0.5) is 0 Å². The van der Waals surface area contributed by atoms with E-state index >= 15 is 0 Å². The zero-order valence-electron chi connectivity index (χ0n) is 11.8. The average molecular weight is 244 g/mol. The Labute approximate surface area is 106 Å². The molecule has 0 spiro atoms. The van der Waals surface area contributed by atoms with Crippen molar-refractivity contribution in [1.29, 1.82) is 0 Å². The molecule has 1 atom stereocenters. The molecule has 0 saturated carbocycles. The minimum atomic E-state index is -0.980. The van der Waals surface area contributed by atoms with E-state index in [1.807, 2.05) is 6.08 Å². The summed E-state index contributed by atoms with van der Waals surface area (Å²) in [5.74, 6) is -0.920. The van der Waals surface area contributed by atoms with Crippen LogP contribution in [0.25, 0.3) is 0 Å². The van der Waals surface area contributed by atoms with Gasteiger partial charge in [-0.15, -0.1) is 6.58 Å². The number of methoxy groups -OCH3 is 3. The first-order valence-electron chi connectivity index (χ1n) is 6.48. The van der Waals surface area contributed by atoms with Crippen molar-refractivity contribution in [1.82, 2.24) is 0 Å². The molecule has 0 aromatic heterocycles. The van der Waals surface area contributed by atoms with Gasteiger partial charge in [0.05, 0.1) is 5.92 Å². The van der Waals surface area contributed by atoms with Crippen molar-refractivity contribution in [3.8, 4) is 0 Å². The highest BCUT2D eigenvalue weighted by atomic mass is 16.9. The van der Waals surface area contributed by atoms with E-state index in [0.29, 0.717) is 0 Å². The van der Waals surface area contributed by atoms with Gasteiger partial charge in [0.1, 0.15) is 0 Å². The van der Waals surface area contributed by atoms with E-state index in [9.17, 15) is 0 Å². The molecule has 0 bridgehead atoms. The monoisotopic (exact) mass is 244 g/mol. The molecule has 0 rings (SSSR count). The Bertz CT molecular complexity index is 180. The summed E-state index contributed by atoms with van der Waals surface area (Å²) in [5, 5.41) is 0. The molecule has 0 aliphatic carbocycles. The van der Waals surface area contributed by atoms with E-state index < -0.39 is 5.97 Å². The number of rotatable bonds is 11. The Morgan fingerprint density at radius 3 is 1.94 bits per heavy atom. The molecule has 1 unspecified atom stereocenters. The third-order valence-electron chi connectivity index (χ3n) is 3.21. The Morgan fingerprint density at radius 2 is 1.53 bits per heavy atom. The Hall–Kier alpha value is -0.380. The summed E-state index contributed by atoms with van der Waals surface area (Å²) >= 11 is 0. The van der Waals surface area contributed by atoms with Crippen molar-refractivity contribution in [2.24, 2.45) is 5.92 Å². The van der Waals surface area contributed by atoms with Crippen molar-refractivity contribution in [2.75, 3.05) is 21.3 Å². The van der Waals surface area contributed by atoms with Gasteiger partial charge < -0.3 is 14.2 Å². The summed E-state index contributed by atoms with van der Waals surface area (Å²) in [5.41, 5.74) is 0. The summed E-state index contributed by atoms with van der Waals surface area (Å²) in [6, 6.07) is 0. The van der Waals surface area contributed by atoms with Crippen LogP contribution in [-0.4, -0.2) is 27.3 Å². The smallest absolute Gasteiger partial charge is 0.288 e. The summed E-state index contributed by atoms with van der Waals surface area (Å²) in [7, 11) is 4.79. The van der Waals surface area contributed by atoms with Gasteiger partial charge in [0.2, 0.25) is 0 Å². The van der Waals surface area contributed by atoms with Gasteiger partial charge >= 0.3 is 0 Å². The van der Waals surface area contributed by atoms with Crippen LogP contribution in [0.5, 0.6) is 0 Å². The molecule has 0 radical (unpaired) electrons. The van der Waals surface area contributed by atoms with Gasteiger partial charge in [0, 0.05) is 21.3 Å². The number of hydrogen-bond donors (Lipinski definition) is 0. The summed E-state index contributed by atoms with van der Waals surface area (Å²) in [4.78, 5) is 0. The molecule has 0 saturated heterocycles. The Morgan fingerprint density at radius 1 is 1.00 bits per heavy atom. The zero-order valence-corrected chi connectivity index (χ0v) is 11.8. The molecule has 3 nitrogen and oxygen atoms in total. The predicted octanol–water partition coefficient (Wildman–Crippen LogP) is 3.74. The standard InChI is InChI=1S/C14H28O3/c1-6-8-9-10-11-12-13(7-2)14(15-3,16-4)17-5/h7,13H,2,6,8-12H2,1,3-5H3. The van der Waals surface area contributed by atoms with Gasteiger partial charge in [0.15, 0.2) is 0 Å². The molecule has 0 aromatic carbocycles. The van der Waals surface area contributed by atoms with E-state index in [2.05, 4.69) is 13.5 Å². The van der Waals surface area contributed by atoms with E-state index in [1.165, 1.54) is 25.7 Å². The fourth-order valence-corrected chi connectivity index (χ4v) is 2.11. The maximum Gasteiger partial charge on any atom is 0.288 e. The molecule has 0 aliphatic heterocycles. The van der Waals surface area contributed by atoms with Gasteiger partial charge in [-0.2, -0.15) is 0 Å². The van der Waals surface area contributed by atoms with Crippen LogP contribution in [0.15, 0.2) is 12.7 Å². The van der Waals surface area contributed by atoms with Crippen molar-refractivity contribution < 1.29 is 14.2 Å². The van der Waals surface area contributed by atoms with Crippen LogP contribution in [0.1, 0.15) is 45.4 Å². The van der Waals surface area contributed by atoms with E-state index in [4.69, 9.17) is 14.2 Å². The summed E-state index contributed by atoms with van der Waals surface area (Å²) in [6.07, 6.45) is 9.09. The molecule has 3 heteroatoms. The van der Waals surface area contributed by atoms with Crippen LogP contribution < -0.4 is 0 Å². The van der Waals surface area contributed by atoms with Crippen LogP contribution in [0.3, 0.4) is 0 Å². The molecule has 0 amide bonds. The lowest BCUT2D eigenvalue weighted by Gasteiger charge is -2.34. The minimum Gasteiger partial charge on any atom is -0.330 e. The lowest BCUT2D eigenvalue weighted by Crippen LogP contribution is -2.43. The highest BCUT2D eigenvalue weighted by molar-refractivity contribution is 4.86. The van der Waals surface area contributed by atoms with Gasteiger partial charge in [-0.3, -0.25) is 0 Å². The average Bonchev–Trinajstić information content (AvgIpc) is 2.38. The predicted molar refractivity (Wildman–Crippen MR) is 70.8 cm³/mol. The molecule has 0 fully saturated rings. The Kier molecular flexibility index (Phi) is 9.41. The number of hydrogen-bond acceptors (Lipinski definition) is 3. The minimum absolute atomic E-state index is 0.0594. The summed E-state index contributed by atoms with van der Waals surface area (Å²) in [6.45, 7) is 6.07. The number of unbranched alkanes of at least 4 members (excludes halogenated alkanes) is 4. The molecular weight excluding hydrogens is 216 g/mol. The van der Waals surface area contributed by atoms with Crippen LogP contribution >= 0.6 is 0 Å². The largest absolute Gasteiger partial charge is 0.330 e. The summed E-state index contributed by atoms with van der Waals surface area (Å²) < 4.78 is 16.1. The zero-order chi connectivity index (χ0) is 13.1. The second-order valence-electron chi connectivity index (χ2n) is 4.26. The first-order chi connectivity index (χ1) is 8.20.